The van der Waals surface area contributed by atoms with E-state index in [2.05, 4.69) is 29.3 Å². The lowest BCUT2D eigenvalue weighted by Crippen LogP contribution is -2.45. The van der Waals surface area contributed by atoms with Gasteiger partial charge in [-0.1, -0.05) is 24.3 Å². The molecule has 26 heavy (non-hydrogen) atoms. The fraction of sp³-hybridized carbons (Fsp3) is 0.400. The zero-order valence-corrected chi connectivity index (χ0v) is 14.8. The van der Waals surface area contributed by atoms with Gasteiger partial charge in [-0.2, -0.15) is 0 Å². The molecule has 2 aliphatic rings. The van der Waals surface area contributed by atoms with Crippen LogP contribution in [-0.2, 0) is 10.2 Å². The van der Waals surface area contributed by atoms with Crippen molar-refractivity contribution in [2.45, 2.75) is 37.3 Å². The van der Waals surface area contributed by atoms with Crippen LogP contribution in [0.5, 0.6) is 5.75 Å². The quantitative estimate of drug-likeness (QED) is 0.786. The number of ether oxygens (including phenoxy) is 2. The van der Waals surface area contributed by atoms with Crippen LogP contribution in [0.25, 0.3) is 5.65 Å². The van der Waals surface area contributed by atoms with Gasteiger partial charge in [0.2, 0.25) is 0 Å². The van der Waals surface area contributed by atoms with Crippen LogP contribution in [0.1, 0.15) is 48.9 Å². The maximum absolute atomic E-state index is 6.36. The van der Waals surface area contributed by atoms with Gasteiger partial charge in [-0.25, -0.2) is 0 Å². The predicted octanol–water partition coefficient (Wildman–Crippen LogP) is 2.93. The van der Waals surface area contributed by atoms with Crippen LogP contribution in [0, 0.1) is 0 Å². The van der Waals surface area contributed by atoms with Gasteiger partial charge < -0.3 is 15.2 Å². The molecule has 2 aromatic heterocycles. The highest BCUT2D eigenvalue weighted by molar-refractivity contribution is 5.43. The van der Waals surface area contributed by atoms with Gasteiger partial charge in [0.05, 0.1) is 24.8 Å². The lowest BCUT2D eigenvalue weighted by molar-refractivity contribution is -0.0548. The molecule has 0 radical (unpaired) electrons. The first-order chi connectivity index (χ1) is 12.6. The summed E-state index contributed by atoms with van der Waals surface area (Å²) >= 11 is 0. The first kappa shape index (κ1) is 15.8. The van der Waals surface area contributed by atoms with Gasteiger partial charge in [-0.15, -0.1) is 10.2 Å². The summed E-state index contributed by atoms with van der Waals surface area (Å²) in [6.07, 6.45) is 3.85. The van der Waals surface area contributed by atoms with Crippen LogP contribution in [0.3, 0.4) is 0 Å². The topological polar surface area (TPSA) is 74.7 Å². The molecule has 0 unspecified atom stereocenters. The summed E-state index contributed by atoms with van der Waals surface area (Å²) in [4.78, 5) is 0. The third-order valence-electron chi connectivity index (χ3n) is 5.52. The van der Waals surface area contributed by atoms with Gasteiger partial charge in [-0.3, -0.25) is 4.40 Å². The molecule has 1 fully saturated rings. The van der Waals surface area contributed by atoms with E-state index in [0.717, 1.165) is 30.1 Å². The van der Waals surface area contributed by atoms with E-state index in [1.165, 1.54) is 11.1 Å². The van der Waals surface area contributed by atoms with Crippen molar-refractivity contribution >= 4 is 5.65 Å². The van der Waals surface area contributed by atoms with Crippen LogP contribution in [-0.4, -0.2) is 27.8 Å². The van der Waals surface area contributed by atoms with Gasteiger partial charge in [0.1, 0.15) is 17.7 Å². The van der Waals surface area contributed by atoms with Crippen molar-refractivity contribution in [1.29, 1.82) is 0 Å². The minimum atomic E-state index is -0.0811. The second-order valence-electron chi connectivity index (χ2n) is 7.59. The molecule has 3 heterocycles. The van der Waals surface area contributed by atoms with Crippen LogP contribution in [0.15, 0.2) is 42.6 Å². The summed E-state index contributed by atoms with van der Waals surface area (Å²) in [5, 5.41) is 8.67. The SMILES string of the molecule is CC1(c2nnc3ccc(O[C@@H]4CC[C@H](N)c5ccccc54)cn23)COC1. The molecule has 5 rings (SSSR count). The van der Waals surface area contributed by atoms with Crippen molar-refractivity contribution in [1.82, 2.24) is 14.6 Å². The number of benzene rings is 1. The molecule has 1 aromatic carbocycles. The summed E-state index contributed by atoms with van der Waals surface area (Å²) in [7, 11) is 0. The van der Waals surface area contributed by atoms with Gasteiger partial charge in [0.15, 0.2) is 5.65 Å². The summed E-state index contributed by atoms with van der Waals surface area (Å²) < 4.78 is 13.8. The molecule has 1 saturated heterocycles. The summed E-state index contributed by atoms with van der Waals surface area (Å²) in [5.41, 5.74) is 9.39. The summed E-state index contributed by atoms with van der Waals surface area (Å²) in [6.45, 7) is 3.50. The standard InChI is InChI=1S/C20H22N4O2/c1-20(11-25-12-20)19-23-22-18-9-6-13(10-24(18)19)26-17-8-7-16(21)14-4-2-3-5-15(14)17/h2-6,9-10,16-17H,7-8,11-12,21H2,1H3/t16-,17+/m0/s1. The Bertz CT molecular complexity index is 963. The van der Waals surface area contributed by atoms with Gasteiger partial charge >= 0.3 is 0 Å². The molecule has 1 aliphatic heterocycles. The average molecular weight is 350 g/mol. The van der Waals surface area contributed by atoms with Crippen molar-refractivity contribution in [2.75, 3.05) is 13.2 Å². The fourth-order valence-electron chi connectivity index (χ4n) is 3.96. The zero-order valence-electron chi connectivity index (χ0n) is 14.8. The van der Waals surface area contributed by atoms with E-state index >= 15 is 0 Å². The third kappa shape index (κ3) is 2.40. The van der Waals surface area contributed by atoms with E-state index in [0.29, 0.717) is 13.2 Å². The number of hydrogen-bond donors (Lipinski definition) is 1. The molecule has 6 heteroatoms. The van der Waals surface area contributed by atoms with E-state index in [9.17, 15) is 0 Å². The van der Waals surface area contributed by atoms with Crippen molar-refractivity contribution in [3.63, 3.8) is 0 Å². The largest absolute Gasteiger partial charge is 0.484 e. The van der Waals surface area contributed by atoms with Crippen molar-refractivity contribution in [2.24, 2.45) is 5.73 Å². The van der Waals surface area contributed by atoms with Crippen molar-refractivity contribution < 1.29 is 9.47 Å². The maximum Gasteiger partial charge on any atom is 0.161 e. The van der Waals surface area contributed by atoms with E-state index in [4.69, 9.17) is 15.2 Å². The van der Waals surface area contributed by atoms with Crippen LogP contribution < -0.4 is 10.5 Å². The minimum absolute atomic E-state index is 0.0194. The molecule has 134 valence electrons. The molecule has 0 amide bonds. The summed E-state index contributed by atoms with van der Waals surface area (Å²) in [5.74, 6) is 1.74. The maximum atomic E-state index is 6.36. The molecule has 6 nitrogen and oxygen atoms in total. The number of rotatable bonds is 3. The molecule has 2 atom stereocenters. The lowest BCUT2D eigenvalue weighted by atomic mass is 9.86. The fourth-order valence-corrected chi connectivity index (χ4v) is 3.96. The number of nitrogens with two attached hydrogens (primary N) is 1. The van der Waals surface area contributed by atoms with Crippen molar-refractivity contribution in [3.8, 4) is 5.75 Å². The van der Waals surface area contributed by atoms with E-state index < -0.39 is 0 Å². The molecular formula is C20H22N4O2. The second kappa shape index (κ2) is 5.79. The first-order valence-corrected chi connectivity index (χ1v) is 9.08. The second-order valence-corrected chi connectivity index (χ2v) is 7.59. The Morgan fingerprint density at radius 3 is 2.69 bits per heavy atom. The van der Waals surface area contributed by atoms with Crippen molar-refractivity contribution in [3.05, 3.63) is 59.5 Å². The molecule has 2 N–H and O–H groups in total. The van der Waals surface area contributed by atoms with E-state index in [-0.39, 0.29) is 17.6 Å². The Labute approximate surface area is 151 Å². The molecular weight excluding hydrogens is 328 g/mol. The number of pyridine rings is 1. The molecule has 0 saturated carbocycles. The van der Waals surface area contributed by atoms with Crippen LogP contribution in [0.2, 0.25) is 0 Å². The highest BCUT2D eigenvalue weighted by Gasteiger charge is 2.39. The Morgan fingerprint density at radius 2 is 1.92 bits per heavy atom. The monoisotopic (exact) mass is 350 g/mol. The predicted molar refractivity (Wildman–Crippen MR) is 97.1 cm³/mol. The zero-order chi connectivity index (χ0) is 17.7. The van der Waals surface area contributed by atoms with E-state index in [1.54, 1.807) is 0 Å². The van der Waals surface area contributed by atoms with Gasteiger partial charge in [0.25, 0.3) is 0 Å². The molecule has 0 spiro atoms. The average Bonchev–Trinajstić information content (AvgIpc) is 3.06. The number of nitrogens with zero attached hydrogens (tertiary/aromatic N) is 3. The molecule has 0 bridgehead atoms. The molecule has 1 aliphatic carbocycles. The third-order valence-corrected chi connectivity index (χ3v) is 5.52. The minimum Gasteiger partial charge on any atom is -0.484 e. The Morgan fingerprint density at radius 1 is 1.12 bits per heavy atom. The van der Waals surface area contributed by atoms with Crippen LogP contribution in [0.4, 0.5) is 0 Å². The van der Waals surface area contributed by atoms with Gasteiger partial charge in [0, 0.05) is 6.04 Å². The normalized spacial score (nSPS) is 24.1. The first-order valence-electron chi connectivity index (χ1n) is 9.08. The molecule has 3 aromatic rings. The number of hydrogen-bond acceptors (Lipinski definition) is 5. The smallest absolute Gasteiger partial charge is 0.161 e. The van der Waals surface area contributed by atoms with E-state index in [1.807, 2.05) is 34.9 Å². The summed E-state index contributed by atoms with van der Waals surface area (Å²) in [6, 6.07) is 12.3. The van der Waals surface area contributed by atoms with Crippen LogP contribution >= 0.6 is 0 Å². The highest BCUT2D eigenvalue weighted by atomic mass is 16.5. The lowest BCUT2D eigenvalue weighted by Gasteiger charge is -2.36. The number of fused-ring (bicyclic) bond motifs is 2. The highest BCUT2D eigenvalue weighted by Crippen LogP contribution is 2.38. The number of aromatic nitrogens is 3. The Hall–Kier alpha value is -2.44. The van der Waals surface area contributed by atoms with Gasteiger partial charge in [-0.05, 0) is 43.0 Å². The Kier molecular flexibility index (Phi) is 3.52. The Balaban J connectivity index is 1.49.